The molecule has 3 heterocycles. The van der Waals surface area contributed by atoms with Crippen molar-refractivity contribution in [1.82, 2.24) is 9.80 Å². The van der Waals surface area contributed by atoms with Crippen LogP contribution in [0.2, 0.25) is 0 Å². The molecule has 0 unspecified atom stereocenters. The normalized spacial score (nSPS) is 20.3. The second-order valence-corrected chi connectivity index (χ2v) is 8.45. The maximum absolute atomic E-state index is 13.0. The number of carbonyl (C=O) groups excluding carboxylic acids is 1. The summed E-state index contributed by atoms with van der Waals surface area (Å²) in [6.45, 7) is 7.64. The van der Waals surface area contributed by atoms with E-state index in [4.69, 9.17) is 4.42 Å². The molecule has 0 radical (unpaired) electrons. The Morgan fingerprint density at radius 1 is 1.12 bits per heavy atom. The number of fused-ring (bicyclic) bond motifs is 1. The molecule has 25 heavy (non-hydrogen) atoms. The van der Waals surface area contributed by atoms with Gasteiger partial charge in [0, 0.05) is 43.2 Å². The van der Waals surface area contributed by atoms with Gasteiger partial charge in [-0.05, 0) is 50.3 Å². The quantitative estimate of drug-likeness (QED) is 0.820. The predicted octanol–water partition coefficient (Wildman–Crippen LogP) is 3.70. The Kier molecular flexibility index (Phi) is 4.78. The van der Waals surface area contributed by atoms with Gasteiger partial charge in [0.25, 0.3) is 5.91 Å². The zero-order chi connectivity index (χ0) is 17.4. The third-order valence-electron chi connectivity index (χ3n) is 5.59. The van der Waals surface area contributed by atoms with Crippen LogP contribution in [0.5, 0.6) is 0 Å². The summed E-state index contributed by atoms with van der Waals surface area (Å²) in [6.07, 6.45) is 2.58. The number of benzene rings is 1. The zero-order valence-corrected chi connectivity index (χ0v) is 15.9. The van der Waals surface area contributed by atoms with Crippen molar-refractivity contribution >= 4 is 28.6 Å². The Morgan fingerprint density at radius 3 is 2.56 bits per heavy atom. The Morgan fingerprint density at radius 2 is 1.84 bits per heavy atom. The van der Waals surface area contributed by atoms with Gasteiger partial charge in [0.15, 0.2) is 5.76 Å². The average molecular weight is 359 g/mol. The van der Waals surface area contributed by atoms with Gasteiger partial charge in [-0.15, -0.1) is 0 Å². The van der Waals surface area contributed by atoms with E-state index in [0.29, 0.717) is 5.76 Å². The molecule has 4 rings (SSSR count). The summed E-state index contributed by atoms with van der Waals surface area (Å²) < 4.78 is 5.90. The SMILES string of the molecule is Cc1ccc2oc(C(=O)N3CCN(C4CCSCC4)CC3)c(C)c2c1. The minimum absolute atomic E-state index is 0.0465. The van der Waals surface area contributed by atoms with Crippen LogP contribution in [0.1, 0.15) is 34.5 Å². The molecular weight excluding hydrogens is 332 g/mol. The third-order valence-corrected chi connectivity index (χ3v) is 6.64. The standard InChI is InChI=1S/C20H26N2O2S/c1-14-3-4-18-17(13-14)15(2)19(24-18)20(23)22-9-7-21(8-10-22)16-5-11-25-12-6-16/h3-4,13,16H,5-12H2,1-2H3. The first kappa shape index (κ1) is 17.0. The predicted molar refractivity (Wildman–Crippen MR) is 104 cm³/mol. The summed E-state index contributed by atoms with van der Waals surface area (Å²) >= 11 is 2.07. The van der Waals surface area contributed by atoms with E-state index in [1.54, 1.807) is 0 Å². The van der Waals surface area contributed by atoms with Gasteiger partial charge >= 0.3 is 0 Å². The molecular formula is C20H26N2O2S. The van der Waals surface area contributed by atoms with Gasteiger partial charge in [0.1, 0.15) is 5.58 Å². The fourth-order valence-corrected chi connectivity index (χ4v) is 5.10. The molecule has 2 aliphatic heterocycles. The Labute approximate surface area is 153 Å². The number of piperazine rings is 1. The third kappa shape index (κ3) is 3.32. The minimum Gasteiger partial charge on any atom is -0.451 e. The molecule has 4 nitrogen and oxygen atoms in total. The molecule has 0 aliphatic carbocycles. The van der Waals surface area contributed by atoms with E-state index in [1.165, 1.54) is 29.9 Å². The number of amides is 1. The first-order valence-electron chi connectivity index (χ1n) is 9.24. The van der Waals surface area contributed by atoms with Gasteiger partial charge in [-0.2, -0.15) is 11.8 Å². The van der Waals surface area contributed by atoms with Gasteiger partial charge in [-0.25, -0.2) is 0 Å². The maximum Gasteiger partial charge on any atom is 0.289 e. The lowest BCUT2D eigenvalue weighted by Crippen LogP contribution is -2.52. The van der Waals surface area contributed by atoms with Crippen LogP contribution in [-0.4, -0.2) is 59.4 Å². The van der Waals surface area contributed by atoms with Crippen LogP contribution in [0.15, 0.2) is 22.6 Å². The molecule has 1 aromatic heterocycles. The van der Waals surface area contributed by atoms with Gasteiger partial charge in [0.2, 0.25) is 0 Å². The number of nitrogens with zero attached hydrogens (tertiary/aromatic N) is 2. The average Bonchev–Trinajstić information content (AvgIpc) is 2.98. The monoisotopic (exact) mass is 358 g/mol. The van der Waals surface area contributed by atoms with Gasteiger partial charge < -0.3 is 9.32 Å². The molecule has 0 N–H and O–H groups in total. The second-order valence-electron chi connectivity index (χ2n) is 7.23. The molecule has 2 fully saturated rings. The highest BCUT2D eigenvalue weighted by Crippen LogP contribution is 2.28. The number of furan rings is 1. The van der Waals surface area contributed by atoms with Gasteiger partial charge in [-0.1, -0.05) is 11.6 Å². The van der Waals surface area contributed by atoms with Crippen LogP contribution in [0.3, 0.4) is 0 Å². The molecule has 2 aromatic rings. The first-order valence-corrected chi connectivity index (χ1v) is 10.4. The summed E-state index contributed by atoms with van der Waals surface area (Å²) in [6, 6.07) is 6.81. The fourth-order valence-electron chi connectivity index (χ4n) is 4.02. The smallest absolute Gasteiger partial charge is 0.289 e. The van der Waals surface area contributed by atoms with Crippen molar-refractivity contribution in [3.05, 3.63) is 35.1 Å². The van der Waals surface area contributed by atoms with E-state index < -0.39 is 0 Å². The minimum atomic E-state index is 0.0465. The lowest BCUT2D eigenvalue weighted by molar-refractivity contribution is 0.0532. The fraction of sp³-hybridized carbons (Fsp3) is 0.550. The number of thioether (sulfide) groups is 1. The van der Waals surface area contributed by atoms with E-state index in [0.717, 1.165) is 48.8 Å². The van der Waals surface area contributed by atoms with E-state index in [-0.39, 0.29) is 5.91 Å². The summed E-state index contributed by atoms with van der Waals surface area (Å²) in [5, 5.41) is 1.06. The Balaban J connectivity index is 1.46. The highest BCUT2D eigenvalue weighted by atomic mass is 32.2. The molecule has 134 valence electrons. The molecule has 5 heteroatoms. The lowest BCUT2D eigenvalue weighted by Gasteiger charge is -2.40. The van der Waals surface area contributed by atoms with Crippen LogP contribution in [0.25, 0.3) is 11.0 Å². The molecule has 2 aliphatic rings. The largest absolute Gasteiger partial charge is 0.451 e. The van der Waals surface area contributed by atoms with E-state index in [1.807, 2.05) is 24.0 Å². The summed E-state index contributed by atoms with van der Waals surface area (Å²) in [4.78, 5) is 17.5. The Bertz CT molecular complexity index is 771. The van der Waals surface area contributed by atoms with Crippen molar-refractivity contribution in [2.24, 2.45) is 0 Å². The summed E-state index contributed by atoms with van der Waals surface area (Å²) in [7, 11) is 0. The van der Waals surface area contributed by atoms with Crippen LogP contribution in [-0.2, 0) is 0 Å². The highest BCUT2D eigenvalue weighted by Gasteiger charge is 2.29. The van der Waals surface area contributed by atoms with Crippen LogP contribution < -0.4 is 0 Å². The second kappa shape index (κ2) is 7.04. The van der Waals surface area contributed by atoms with Crippen LogP contribution >= 0.6 is 11.8 Å². The maximum atomic E-state index is 13.0. The number of hydrogen-bond acceptors (Lipinski definition) is 4. The van der Waals surface area contributed by atoms with Crippen molar-refractivity contribution in [3.8, 4) is 0 Å². The molecule has 0 saturated carbocycles. The lowest BCUT2D eigenvalue weighted by atomic mass is 10.1. The summed E-state index contributed by atoms with van der Waals surface area (Å²) in [5.74, 6) is 3.12. The molecule has 0 atom stereocenters. The number of rotatable bonds is 2. The van der Waals surface area contributed by atoms with Crippen molar-refractivity contribution in [3.63, 3.8) is 0 Å². The zero-order valence-electron chi connectivity index (χ0n) is 15.1. The molecule has 0 spiro atoms. The first-order chi connectivity index (χ1) is 12.1. The van der Waals surface area contributed by atoms with Crippen LogP contribution in [0.4, 0.5) is 0 Å². The number of aryl methyl sites for hydroxylation is 2. The highest BCUT2D eigenvalue weighted by molar-refractivity contribution is 7.99. The van der Waals surface area contributed by atoms with Crippen molar-refractivity contribution in [1.29, 1.82) is 0 Å². The molecule has 0 bridgehead atoms. The molecule has 1 amide bonds. The van der Waals surface area contributed by atoms with Crippen LogP contribution in [0, 0.1) is 13.8 Å². The number of hydrogen-bond donors (Lipinski definition) is 0. The van der Waals surface area contributed by atoms with Gasteiger partial charge in [-0.3, -0.25) is 9.69 Å². The number of carbonyl (C=O) groups is 1. The van der Waals surface area contributed by atoms with Crippen molar-refractivity contribution in [2.45, 2.75) is 32.7 Å². The van der Waals surface area contributed by atoms with Crippen molar-refractivity contribution in [2.75, 3.05) is 37.7 Å². The van der Waals surface area contributed by atoms with E-state index in [9.17, 15) is 4.79 Å². The summed E-state index contributed by atoms with van der Waals surface area (Å²) in [5.41, 5.74) is 2.97. The molecule has 2 saturated heterocycles. The topological polar surface area (TPSA) is 36.7 Å². The van der Waals surface area contributed by atoms with Gasteiger partial charge in [0.05, 0.1) is 0 Å². The van der Waals surface area contributed by atoms with E-state index >= 15 is 0 Å². The Hall–Kier alpha value is -1.46. The molecule has 1 aromatic carbocycles. The van der Waals surface area contributed by atoms with Crippen molar-refractivity contribution < 1.29 is 9.21 Å². The van der Waals surface area contributed by atoms with E-state index in [2.05, 4.69) is 29.7 Å².